The second-order valence-electron chi connectivity index (χ2n) is 9.41. The summed E-state index contributed by atoms with van der Waals surface area (Å²) in [6, 6.07) is 5.94. The van der Waals surface area contributed by atoms with Gasteiger partial charge in [0.25, 0.3) is 5.91 Å². The number of para-hydroxylation sites is 1. The molecular weight excluding hydrogens is 384 g/mol. The highest BCUT2D eigenvalue weighted by atomic mass is 16.5. The molecule has 1 saturated heterocycles. The minimum absolute atomic E-state index is 0.0422. The summed E-state index contributed by atoms with van der Waals surface area (Å²) >= 11 is 0. The molecule has 4 rings (SSSR count). The van der Waals surface area contributed by atoms with Crippen molar-refractivity contribution < 1.29 is 23.8 Å². The van der Waals surface area contributed by atoms with Crippen LogP contribution in [0.5, 0.6) is 11.5 Å². The van der Waals surface area contributed by atoms with Crippen molar-refractivity contribution in [3.05, 3.63) is 23.8 Å². The molecule has 164 valence electrons. The first-order chi connectivity index (χ1) is 14.3. The average molecular weight is 417 g/mol. The van der Waals surface area contributed by atoms with Crippen LogP contribution in [0.25, 0.3) is 0 Å². The quantitative estimate of drug-likeness (QED) is 0.743. The maximum Gasteiger partial charge on any atom is 0.258 e. The third kappa shape index (κ3) is 4.56. The monoisotopic (exact) mass is 416 g/mol. The number of nitrogens with one attached hydrogen (secondary N) is 2. The summed E-state index contributed by atoms with van der Waals surface area (Å²) in [4.78, 5) is 24.6. The molecule has 0 spiro atoms. The normalized spacial score (nSPS) is 29.2. The summed E-state index contributed by atoms with van der Waals surface area (Å²) in [5.41, 5.74) is 0.850. The molecule has 4 unspecified atom stereocenters. The van der Waals surface area contributed by atoms with Crippen LogP contribution in [0.4, 0.5) is 0 Å². The molecule has 7 heteroatoms. The molecule has 2 aliphatic heterocycles. The molecule has 1 aliphatic carbocycles. The second-order valence-corrected chi connectivity index (χ2v) is 9.41. The minimum atomic E-state index is -0.256. The molecule has 0 radical (unpaired) electrons. The van der Waals surface area contributed by atoms with E-state index in [-0.39, 0.29) is 42.0 Å². The van der Waals surface area contributed by atoms with Gasteiger partial charge in [-0.1, -0.05) is 12.1 Å². The molecule has 1 aromatic carbocycles. The lowest BCUT2D eigenvalue weighted by Crippen LogP contribution is -2.56. The van der Waals surface area contributed by atoms with E-state index in [0.29, 0.717) is 24.7 Å². The molecule has 1 saturated carbocycles. The van der Waals surface area contributed by atoms with Crippen molar-refractivity contribution in [2.24, 2.45) is 11.8 Å². The van der Waals surface area contributed by atoms with E-state index in [0.717, 1.165) is 37.0 Å². The van der Waals surface area contributed by atoms with Crippen LogP contribution in [0.3, 0.4) is 0 Å². The van der Waals surface area contributed by atoms with Crippen molar-refractivity contribution in [3.8, 4) is 11.5 Å². The Bertz CT molecular complexity index is 809. The van der Waals surface area contributed by atoms with Gasteiger partial charge in [-0.2, -0.15) is 0 Å². The van der Waals surface area contributed by atoms with Crippen molar-refractivity contribution in [2.75, 3.05) is 20.3 Å². The number of methoxy groups -OCH3 is 1. The smallest absolute Gasteiger partial charge is 0.258 e. The van der Waals surface area contributed by atoms with E-state index in [1.54, 1.807) is 7.11 Å². The Morgan fingerprint density at radius 2 is 2.17 bits per heavy atom. The van der Waals surface area contributed by atoms with E-state index in [1.807, 2.05) is 32.0 Å². The van der Waals surface area contributed by atoms with Gasteiger partial charge in [0.2, 0.25) is 5.91 Å². The molecule has 2 N–H and O–H groups in total. The van der Waals surface area contributed by atoms with Gasteiger partial charge in [-0.05, 0) is 51.0 Å². The van der Waals surface area contributed by atoms with E-state index in [2.05, 4.69) is 10.6 Å². The third-order valence-corrected chi connectivity index (χ3v) is 6.46. The zero-order chi connectivity index (χ0) is 21.3. The van der Waals surface area contributed by atoms with Crippen LogP contribution in [0.2, 0.25) is 0 Å². The van der Waals surface area contributed by atoms with E-state index in [1.165, 1.54) is 0 Å². The number of benzene rings is 1. The lowest BCUT2D eigenvalue weighted by molar-refractivity contribution is -0.128. The largest absolute Gasteiger partial charge is 0.483 e. The molecule has 0 bridgehead atoms. The van der Waals surface area contributed by atoms with Crippen molar-refractivity contribution in [1.29, 1.82) is 0 Å². The topological polar surface area (TPSA) is 85.9 Å². The van der Waals surface area contributed by atoms with E-state index in [9.17, 15) is 9.59 Å². The average Bonchev–Trinajstić information content (AvgIpc) is 3.00. The number of rotatable bonds is 6. The molecule has 1 aromatic rings. The minimum Gasteiger partial charge on any atom is -0.483 e. The summed E-state index contributed by atoms with van der Waals surface area (Å²) in [5.74, 6) is 1.96. The Kier molecular flexibility index (Phi) is 5.91. The fraction of sp³-hybridized carbons (Fsp3) is 0.652. The van der Waals surface area contributed by atoms with Gasteiger partial charge < -0.3 is 24.8 Å². The standard InChI is InChI=1S/C23H32N2O5/c1-23(2)11-14-5-4-6-19(22(14)30-23)29-13-21(27)24-16-7-8-17-15(12-28-3)9-20(26)25-18(17)10-16/h4-6,15-18H,7-13H2,1-3H3,(H,24,27)(H,25,26). The van der Waals surface area contributed by atoms with Gasteiger partial charge in [0.05, 0.1) is 0 Å². The highest BCUT2D eigenvalue weighted by Crippen LogP contribution is 2.41. The summed E-state index contributed by atoms with van der Waals surface area (Å²) < 4.78 is 17.1. The van der Waals surface area contributed by atoms with E-state index >= 15 is 0 Å². The lowest BCUT2D eigenvalue weighted by atomic mass is 9.71. The zero-order valence-corrected chi connectivity index (χ0v) is 18.0. The Labute approximate surface area is 177 Å². The predicted molar refractivity (Wildman–Crippen MR) is 112 cm³/mol. The van der Waals surface area contributed by atoms with Gasteiger partial charge >= 0.3 is 0 Å². The fourth-order valence-electron chi connectivity index (χ4n) is 5.22. The third-order valence-electron chi connectivity index (χ3n) is 6.46. The van der Waals surface area contributed by atoms with Crippen LogP contribution < -0.4 is 20.1 Å². The molecule has 2 amide bonds. The number of ether oxygens (including phenoxy) is 3. The van der Waals surface area contributed by atoms with Crippen LogP contribution in [0, 0.1) is 11.8 Å². The van der Waals surface area contributed by atoms with Crippen molar-refractivity contribution in [1.82, 2.24) is 10.6 Å². The first-order valence-electron chi connectivity index (χ1n) is 10.9. The van der Waals surface area contributed by atoms with Crippen LogP contribution >= 0.6 is 0 Å². The van der Waals surface area contributed by atoms with Crippen molar-refractivity contribution in [2.45, 2.75) is 63.6 Å². The summed E-state index contributed by atoms with van der Waals surface area (Å²) in [6.07, 6.45) is 3.98. The SMILES string of the molecule is COCC1CC(=O)NC2CC(NC(=O)COc3cccc4c3OC(C)(C)C4)CCC12. The number of hydrogen-bond acceptors (Lipinski definition) is 5. The fourth-order valence-corrected chi connectivity index (χ4v) is 5.22. The number of piperidine rings is 1. The number of fused-ring (bicyclic) bond motifs is 2. The maximum absolute atomic E-state index is 12.5. The molecular formula is C23H32N2O5. The molecule has 4 atom stereocenters. The maximum atomic E-state index is 12.5. The van der Waals surface area contributed by atoms with Gasteiger partial charge in [-0.3, -0.25) is 9.59 Å². The number of carbonyl (C=O) groups excluding carboxylic acids is 2. The van der Waals surface area contributed by atoms with Gasteiger partial charge in [0, 0.05) is 44.2 Å². The van der Waals surface area contributed by atoms with E-state index < -0.39 is 0 Å². The molecule has 2 heterocycles. The molecule has 3 aliphatic rings. The summed E-state index contributed by atoms with van der Waals surface area (Å²) in [7, 11) is 1.68. The molecule has 30 heavy (non-hydrogen) atoms. The highest BCUT2D eigenvalue weighted by molar-refractivity contribution is 5.78. The van der Waals surface area contributed by atoms with Gasteiger partial charge in [0.1, 0.15) is 5.60 Å². The molecule has 7 nitrogen and oxygen atoms in total. The van der Waals surface area contributed by atoms with Crippen molar-refractivity contribution >= 4 is 11.8 Å². The number of amides is 2. The highest BCUT2D eigenvalue weighted by Gasteiger charge is 2.41. The van der Waals surface area contributed by atoms with Gasteiger partial charge in [-0.15, -0.1) is 0 Å². The summed E-state index contributed by atoms with van der Waals surface area (Å²) in [6.45, 7) is 4.64. The molecule has 0 aromatic heterocycles. The first kappa shape index (κ1) is 21.0. The van der Waals surface area contributed by atoms with Crippen LogP contribution in [0.15, 0.2) is 18.2 Å². The Balaban J connectivity index is 1.30. The van der Waals surface area contributed by atoms with Gasteiger partial charge in [-0.25, -0.2) is 0 Å². The first-order valence-corrected chi connectivity index (χ1v) is 10.9. The van der Waals surface area contributed by atoms with Crippen LogP contribution in [0.1, 0.15) is 45.1 Å². The Hall–Kier alpha value is -2.28. The lowest BCUT2D eigenvalue weighted by Gasteiger charge is -2.43. The van der Waals surface area contributed by atoms with Crippen molar-refractivity contribution in [3.63, 3.8) is 0 Å². The Morgan fingerprint density at radius 1 is 1.33 bits per heavy atom. The second kappa shape index (κ2) is 8.46. The predicted octanol–water partition coefficient (Wildman–Crippen LogP) is 2.21. The van der Waals surface area contributed by atoms with E-state index in [4.69, 9.17) is 14.2 Å². The Morgan fingerprint density at radius 3 is 2.97 bits per heavy atom. The number of hydrogen-bond donors (Lipinski definition) is 2. The van der Waals surface area contributed by atoms with Gasteiger partial charge in [0.15, 0.2) is 18.1 Å². The van der Waals surface area contributed by atoms with Crippen LogP contribution in [-0.2, 0) is 20.7 Å². The van der Waals surface area contributed by atoms with Crippen LogP contribution in [-0.4, -0.2) is 49.8 Å². The summed E-state index contributed by atoms with van der Waals surface area (Å²) in [5, 5.41) is 6.19. The number of carbonyl (C=O) groups is 2. The zero-order valence-electron chi connectivity index (χ0n) is 18.0. The molecule has 2 fully saturated rings.